The predicted molar refractivity (Wildman–Crippen MR) is 180 cm³/mol. The van der Waals surface area contributed by atoms with Crippen LogP contribution < -0.4 is 9.64 Å². The van der Waals surface area contributed by atoms with E-state index in [1.54, 1.807) is 17.0 Å². The molecule has 4 aromatic carbocycles. The van der Waals surface area contributed by atoms with Crippen molar-refractivity contribution in [1.29, 1.82) is 0 Å². The monoisotopic (exact) mass is 748 g/mol. The zero-order valence-electron chi connectivity index (χ0n) is 21.7. The zero-order chi connectivity index (χ0) is 29.3. The molecule has 0 spiro atoms. The van der Waals surface area contributed by atoms with Crippen LogP contribution in [0.25, 0.3) is 6.08 Å². The van der Waals surface area contributed by atoms with Crippen molar-refractivity contribution in [3.05, 3.63) is 124 Å². The SMILES string of the molecule is Cc1ccc(N=C2S/C(=C/c3cc(Br)cc(Br)c3OCc3ccc(Cl)cc3)C(=O)N2c2ccc(C)c(Cl)c2)cc1Cl. The van der Waals surface area contributed by atoms with Gasteiger partial charge in [-0.1, -0.05) is 75.0 Å². The van der Waals surface area contributed by atoms with E-state index in [0.29, 0.717) is 48.9 Å². The maximum Gasteiger partial charge on any atom is 0.271 e. The summed E-state index contributed by atoms with van der Waals surface area (Å²) in [5.41, 5.74) is 4.79. The first kappa shape index (κ1) is 30.2. The number of carbonyl (C=O) groups excluding carboxylic acids is 1. The third-order valence-corrected chi connectivity index (χ3v) is 9.30. The van der Waals surface area contributed by atoms with Crippen molar-refractivity contribution >= 4 is 107 Å². The standard InChI is InChI=1S/C31H21Br2Cl3N2O2S/c1-17-3-9-23(14-26(17)35)37-31-38(24-10-4-18(2)27(36)15-24)30(39)28(41-31)12-20-11-21(32)13-25(33)29(20)40-16-19-5-7-22(34)8-6-19/h3-15H,16H2,1-2H3/b28-12+,37-31?. The summed E-state index contributed by atoms with van der Waals surface area (Å²) in [5, 5.41) is 2.30. The number of amides is 1. The Hall–Kier alpha value is -2.26. The second-order valence-corrected chi connectivity index (χ2v) is 13.3. The Labute approximate surface area is 274 Å². The minimum atomic E-state index is -0.230. The number of amidine groups is 1. The highest BCUT2D eigenvalue weighted by Crippen LogP contribution is 2.41. The maximum atomic E-state index is 13.9. The van der Waals surface area contributed by atoms with Crippen LogP contribution in [0.2, 0.25) is 15.1 Å². The maximum absolute atomic E-state index is 13.9. The average Bonchev–Trinajstić information content (AvgIpc) is 3.22. The molecular formula is C31H21Br2Cl3N2O2S. The van der Waals surface area contributed by atoms with Gasteiger partial charge in [0.25, 0.3) is 5.91 Å². The normalized spacial score (nSPS) is 15.3. The molecule has 5 rings (SSSR count). The summed E-state index contributed by atoms with van der Waals surface area (Å²) in [5.74, 6) is 0.372. The molecule has 208 valence electrons. The van der Waals surface area contributed by atoms with Gasteiger partial charge in [-0.3, -0.25) is 9.69 Å². The highest BCUT2D eigenvalue weighted by Gasteiger charge is 2.35. The van der Waals surface area contributed by atoms with Crippen LogP contribution in [-0.4, -0.2) is 11.1 Å². The number of hydrogen-bond acceptors (Lipinski definition) is 4. The fraction of sp³-hybridized carbons (Fsp3) is 0.0968. The zero-order valence-corrected chi connectivity index (χ0v) is 28.0. The number of hydrogen-bond donors (Lipinski definition) is 0. The van der Waals surface area contributed by atoms with E-state index in [0.717, 1.165) is 31.2 Å². The molecule has 41 heavy (non-hydrogen) atoms. The number of carbonyl (C=O) groups is 1. The van der Waals surface area contributed by atoms with Gasteiger partial charge in [-0.05, 0) is 113 Å². The number of aliphatic imine (C=N–C) groups is 1. The van der Waals surface area contributed by atoms with Gasteiger partial charge in [0, 0.05) is 25.1 Å². The molecule has 1 heterocycles. The summed E-state index contributed by atoms with van der Waals surface area (Å²) in [7, 11) is 0. The summed E-state index contributed by atoms with van der Waals surface area (Å²) in [4.78, 5) is 20.8. The van der Waals surface area contributed by atoms with Crippen molar-refractivity contribution in [2.75, 3.05) is 4.90 Å². The smallest absolute Gasteiger partial charge is 0.271 e. The molecule has 1 saturated heterocycles. The molecule has 1 aliphatic rings. The fourth-order valence-corrected chi connectivity index (χ4v) is 6.82. The lowest BCUT2D eigenvalue weighted by Crippen LogP contribution is -2.28. The molecule has 0 aliphatic carbocycles. The summed E-state index contributed by atoms with van der Waals surface area (Å²) >= 11 is 27.3. The number of nitrogens with zero attached hydrogens (tertiary/aromatic N) is 2. The highest BCUT2D eigenvalue weighted by molar-refractivity contribution is 9.11. The number of thioether (sulfide) groups is 1. The van der Waals surface area contributed by atoms with Crippen molar-refractivity contribution in [3.63, 3.8) is 0 Å². The first-order valence-corrected chi connectivity index (χ1v) is 15.8. The first-order chi connectivity index (χ1) is 19.6. The van der Waals surface area contributed by atoms with Crippen LogP contribution in [0.15, 0.2) is 91.6 Å². The number of ether oxygens (including phenoxy) is 1. The van der Waals surface area contributed by atoms with E-state index in [2.05, 4.69) is 31.9 Å². The predicted octanol–water partition coefficient (Wildman–Crippen LogP) is 11.2. The van der Waals surface area contributed by atoms with Gasteiger partial charge in [0.15, 0.2) is 5.17 Å². The third-order valence-electron chi connectivity index (χ3n) is 6.22. The van der Waals surface area contributed by atoms with Crippen LogP contribution in [0.4, 0.5) is 11.4 Å². The molecule has 10 heteroatoms. The Morgan fingerprint density at radius 3 is 2.27 bits per heavy atom. The van der Waals surface area contributed by atoms with Gasteiger partial charge in [0.2, 0.25) is 0 Å². The van der Waals surface area contributed by atoms with Gasteiger partial charge in [-0.15, -0.1) is 0 Å². The second-order valence-electron chi connectivity index (χ2n) is 9.23. The molecular weight excluding hydrogens is 731 g/mol. The number of rotatable bonds is 6. The largest absolute Gasteiger partial charge is 0.487 e. The Morgan fingerprint density at radius 2 is 1.59 bits per heavy atom. The molecule has 4 nitrogen and oxygen atoms in total. The van der Waals surface area contributed by atoms with Crippen LogP contribution in [0.3, 0.4) is 0 Å². The topological polar surface area (TPSA) is 41.9 Å². The summed E-state index contributed by atoms with van der Waals surface area (Å²) in [6, 6.07) is 22.3. The Morgan fingerprint density at radius 1 is 0.902 bits per heavy atom. The van der Waals surface area contributed by atoms with Crippen LogP contribution in [0.1, 0.15) is 22.3 Å². The van der Waals surface area contributed by atoms with Crippen molar-refractivity contribution in [2.45, 2.75) is 20.5 Å². The van der Waals surface area contributed by atoms with Gasteiger partial charge < -0.3 is 4.74 Å². The van der Waals surface area contributed by atoms with E-state index in [9.17, 15) is 4.79 Å². The van der Waals surface area contributed by atoms with Gasteiger partial charge in [-0.25, -0.2) is 4.99 Å². The van der Waals surface area contributed by atoms with Gasteiger partial charge in [-0.2, -0.15) is 0 Å². The first-order valence-electron chi connectivity index (χ1n) is 12.3. The lowest BCUT2D eigenvalue weighted by molar-refractivity contribution is -0.113. The Balaban J connectivity index is 1.56. The lowest BCUT2D eigenvalue weighted by atomic mass is 10.1. The molecule has 4 aromatic rings. The lowest BCUT2D eigenvalue weighted by Gasteiger charge is -2.17. The van der Waals surface area contributed by atoms with E-state index in [1.165, 1.54) is 11.8 Å². The van der Waals surface area contributed by atoms with E-state index in [4.69, 9.17) is 44.5 Å². The average molecular weight is 752 g/mol. The molecule has 1 amide bonds. The minimum Gasteiger partial charge on any atom is -0.487 e. The Bertz CT molecular complexity index is 1730. The number of halogens is 5. The van der Waals surface area contributed by atoms with Crippen molar-refractivity contribution < 1.29 is 9.53 Å². The molecule has 0 bridgehead atoms. The van der Waals surface area contributed by atoms with Crippen molar-refractivity contribution in [3.8, 4) is 5.75 Å². The van der Waals surface area contributed by atoms with E-state index in [1.807, 2.05) is 80.6 Å². The van der Waals surface area contributed by atoms with E-state index >= 15 is 0 Å². The van der Waals surface area contributed by atoms with E-state index < -0.39 is 0 Å². The third kappa shape index (κ3) is 7.04. The quantitative estimate of drug-likeness (QED) is 0.184. The van der Waals surface area contributed by atoms with Crippen molar-refractivity contribution in [1.82, 2.24) is 0 Å². The summed E-state index contributed by atoms with van der Waals surface area (Å²) in [6.45, 7) is 4.17. The Kier molecular flexibility index (Phi) is 9.53. The number of aryl methyl sites for hydroxylation is 2. The molecule has 0 saturated carbocycles. The molecule has 0 aromatic heterocycles. The molecule has 0 N–H and O–H groups in total. The fourth-order valence-electron chi connectivity index (χ4n) is 3.98. The van der Waals surface area contributed by atoms with Crippen molar-refractivity contribution in [2.24, 2.45) is 4.99 Å². The van der Waals surface area contributed by atoms with E-state index in [-0.39, 0.29) is 5.91 Å². The van der Waals surface area contributed by atoms with Gasteiger partial charge in [0.1, 0.15) is 12.4 Å². The molecule has 0 atom stereocenters. The molecule has 1 aliphatic heterocycles. The second kappa shape index (κ2) is 12.9. The number of anilines is 1. The van der Waals surface area contributed by atoms with Crippen LogP contribution in [-0.2, 0) is 11.4 Å². The summed E-state index contributed by atoms with van der Waals surface area (Å²) < 4.78 is 7.80. The van der Waals surface area contributed by atoms with Gasteiger partial charge in [0.05, 0.1) is 20.8 Å². The minimum absolute atomic E-state index is 0.230. The highest BCUT2D eigenvalue weighted by atomic mass is 79.9. The van der Waals surface area contributed by atoms with Gasteiger partial charge >= 0.3 is 0 Å². The molecule has 0 unspecified atom stereocenters. The number of benzene rings is 4. The van der Waals surface area contributed by atoms with Crippen LogP contribution in [0.5, 0.6) is 5.75 Å². The van der Waals surface area contributed by atoms with Crippen LogP contribution in [0, 0.1) is 13.8 Å². The summed E-state index contributed by atoms with van der Waals surface area (Å²) in [6.07, 6.45) is 1.81. The molecule has 1 fully saturated rings. The molecule has 0 radical (unpaired) electrons. The van der Waals surface area contributed by atoms with Crippen LogP contribution >= 0.6 is 78.4 Å².